The van der Waals surface area contributed by atoms with Gasteiger partial charge in [-0.05, 0) is 0 Å². The molecule has 1 heterocycles. The van der Waals surface area contributed by atoms with Crippen LogP contribution >= 0.6 is 0 Å². The molecule has 0 N–H and O–H groups in total. The van der Waals surface area contributed by atoms with Gasteiger partial charge in [0.15, 0.2) is 15.5 Å². The predicted octanol–water partition coefficient (Wildman–Crippen LogP) is 0.951. The molecule has 0 saturated carbocycles. The summed E-state index contributed by atoms with van der Waals surface area (Å²) in [4.78, 5) is 0. The van der Waals surface area contributed by atoms with E-state index in [0.717, 1.165) is 7.05 Å². The van der Waals surface area contributed by atoms with Gasteiger partial charge >= 0.3 is 6.18 Å². The summed E-state index contributed by atoms with van der Waals surface area (Å²) in [5, 5.41) is 6.48. The Morgan fingerprint density at radius 1 is 1.45 bits per heavy atom. The number of hydrogen-bond acceptors (Lipinski definition) is 5. The van der Waals surface area contributed by atoms with Crippen molar-refractivity contribution in [3.63, 3.8) is 0 Å². The quantitative estimate of drug-likeness (QED) is 0.553. The molecule has 0 aromatic carbocycles. The van der Waals surface area contributed by atoms with Crippen LogP contribution < -0.4 is 0 Å². The summed E-state index contributed by atoms with van der Waals surface area (Å²) in [6.45, 7) is 3.44. The first-order chi connectivity index (χ1) is 9.17. The SMILES string of the molecule is C=CCOCCS(=O)(=O)Cc1nnn(C)c1C(F)(F)F. The topological polar surface area (TPSA) is 74.1 Å². The van der Waals surface area contributed by atoms with Crippen LogP contribution in [-0.4, -0.2) is 42.4 Å². The molecule has 0 amide bonds. The van der Waals surface area contributed by atoms with Gasteiger partial charge in [-0.3, -0.25) is 0 Å². The normalized spacial score (nSPS) is 12.6. The summed E-state index contributed by atoms with van der Waals surface area (Å²) in [5.74, 6) is -1.22. The van der Waals surface area contributed by atoms with Crippen LogP contribution in [0.15, 0.2) is 12.7 Å². The first-order valence-corrected chi connectivity index (χ1v) is 7.34. The molecule has 0 fully saturated rings. The average molecular weight is 313 g/mol. The molecule has 20 heavy (non-hydrogen) atoms. The minimum atomic E-state index is -4.71. The highest BCUT2D eigenvalue weighted by molar-refractivity contribution is 7.90. The van der Waals surface area contributed by atoms with Crippen molar-refractivity contribution < 1.29 is 26.3 Å². The summed E-state index contributed by atoms with van der Waals surface area (Å²) in [7, 11) is -2.70. The molecule has 10 heteroatoms. The van der Waals surface area contributed by atoms with Gasteiger partial charge in [-0.2, -0.15) is 13.2 Å². The van der Waals surface area contributed by atoms with Gasteiger partial charge in [0.25, 0.3) is 0 Å². The molecule has 0 spiro atoms. The fraction of sp³-hybridized carbons (Fsp3) is 0.600. The van der Waals surface area contributed by atoms with Crippen LogP contribution in [0.5, 0.6) is 0 Å². The van der Waals surface area contributed by atoms with E-state index < -0.39 is 38.9 Å². The number of alkyl halides is 3. The third-order valence-electron chi connectivity index (χ3n) is 2.30. The highest BCUT2D eigenvalue weighted by Crippen LogP contribution is 2.31. The van der Waals surface area contributed by atoms with Gasteiger partial charge in [0.05, 0.1) is 24.7 Å². The zero-order valence-corrected chi connectivity index (χ0v) is 11.5. The van der Waals surface area contributed by atoms with Crippen molar-refractivity contribution in [3.05, 3.63) is 24.0 Å². The molecular formula is C10H14F3N3O3S. The van der Waals surface area contributed by atoms with Gasteiger partial charge in [0.1, 0.15) is 5.69 Å². The van der Waals surface area contributed by atoms with E-state index >= 15 is 0 Å². The lowest BCUT2D eigenvalue weighted by Crippen LogP contribution is -2.19. The highest BCUT2D eigenvalue weighted by Gasteiger charge is 2.39. The van der Waals surface area contributed by atoms with Crippen molar-refractivity contribution in [1.29, 1.82) is 0 Å². The molecule has 1 aromatic heterocycles. The van der Waals surface area contributed by atoms with Gasteiger partial charge in [-0.1, -0.05) is 11.3 Å². The van der Waals surface area contributed by atoms with E-state index in [1.165, 1.54) is 6.08 Å². The Morgan fingerprint density at radius 3 is 2.65 bits per heavy atom. The Balaban J connectivity index is 2.80. The van der Waals surface area contributed by atoms with Crippen LogP contribution in [-0.2, 0) is 33.6 Å². The molecule has 114 valence electrons. The Labute approximate surface area is 114 Å². The third kappa shape index (κ3) is 4.60. The van der Waals surface area contributed by atoms with E-state index in [1.54, 1.807) is 0 Å². The van der Waals surface area contributed by atoms with Gasteiger partial charge in [-0.25, -0.2) is 13.1 Å². The van der Waals surface area contributed by atoms with E-state index in [1.807, 2.05) is 0 Å². The van der Waals surface area contributed by atoms with Crippen molar-refractivity contribution in [2.75, 3.05) is 19.0 Å². The molecule has 0 aliphatic carbocycles. The fourth-order valence-corrected chi connectivity index (χ4v) is 2.60. The van der Waals surface area contributed by atoms with Gasteiger partial charge < -0.3 is 4.74 Å². The maximum atomic E-state index is 12.7. The second-order valence-electron chi connectivity index (χ2n) is 3.96. The van der Waals surface area contributed by atoms with E-state index in [9.17, 15) is 21.6 Å². The second kappa shape index (κ2) is 6.35. The maximum absolute atomic E-state index is 12.7. The number of aryl methyl sites for hydroxylation is 1. The van der Waals surface area contributed by atoms with Crippen LogP contribution in [0.2, 0.25) is 0 Å². The molecule has 0 aliphatic heterocycles. The first-order valence-electron chi connectivity index (χ1n) is 5.52. The van der Waals surface area contributed by atoms with Crippen molar-refractivity contribution in [2.45, 2.75) is 11.9 Å². The van der Waals surface area contributed by atoms with Crippen molar-refractivity contribution in [2.24, 2.45) is 7.05 Å². The standard InChI is InChI=1S/C10H14F3N3O3S/c1-3-4-19-5-6-20(17,18)7-8-9(10(11,12)13)16(2)15-14-8/h3H,1,4-7H2,2H3. The molecule has 0 atom stereocenters. The molecule has 1 aromatic rings. The lowest BCUT2D eigenvalue weighted by molar-refractivity contribution is -0.144. The summed E-state index contributed by atoms with van der Waals surface area (Å²) in [6, 6.07) is 0. The van der Waals surface area contributed by atoms with Crippen molar-refractivity contribution in [3.8, 4) is 0 Å². The summed E-state index contributed by atoms with van der Waals surface area (Å²) < 4.78 is 67.0. The maximum Gasteiger partial charge on any atom is 0.434 e. The molecule has 6 nitrogen and oxygen atoms in total. The minimum Gasteiger partial charge on any atom is -0.376 e. The van der Waals surface area contributed by atoms with Crippen LogP contribution in [0.4, 0.5) is 13.2 Å². The molecule has 1 rings (SSSR count). The number of ether oxygens (including phenoxy) is 1. The molecule has 0 unspecified atom stereocenters. The highest BCUT2D eigenvalue weighted by atomic mass is 32.2. The third-order valence-corrected chi connectivity index (χ3v) is 3.80. The van der Waals surface area contributed by atoms with E-state index in [-0.39, 0.29) is 13.2 Å². The Hall–Kier alpha value is -1.42. The fourth-order valence-electron chi connectivity index (χ4n) is 1.48. The number of rotatable bonds is 7. The number of halogens is 3. The Bertz CT molecular complexity index is 566. The number of hydrogen-bond donors (Lipinski definition) is 0. The lowest BCUT2D eigenvalue weighted by atomic mass is 10.3. The van der Waals surface area contributed by atoms with E-state index in [0.29, 0.717) is 4.68 Å². The van der Waals surface area contributed by atoms with Crippen LogP contribution in [0.25, 0.3) is 0 Å². The Morgan fingerprint density at radius 2 is 2.10 bits per heavy atom. The van der Waals surface area contributed by atoms with Crippen molar-refractivity contribution >= 4 is 9.84 Å². The Kier molecular flexibility index (Phi) is 5.28. The molecular weight excluding hydrogens is 299 g/mol. The smallest absolute Gasteiger partial charge is 0.376 e. The summed E-state index contributed by atoms with van der Waals surface area (Å²) in [5.41, 5.74) is -1.77. The average Bonchev–Trinajstić information content (AvgIpc) is 2.64. The van der Waals surface area contributed by atoms with Crippen LogP contribution in [0.1, 0.15) is 11.4 Å². The number of aromatic nitrogens is 3. The largest absolute Gasteiger partial charge is 0.434 e. The number of sulfone groups is 1. The number of nitrogens with zero attached hydrogens (tertiary/aromatic N) is 3. The van der Waals surface area contributed by atoms with Gasteiger partial charge in [-0.15, -0.1) is 11.7 Å². The molecule has 0 radical (unpaired) electrons. The van der Waals surface area contributed by atoms with Gasteiger partial charge in [0.2, 0.25) is 0 Å². The van der Waals surface area contributed by atoms with E-state index in [2.05, 4.69) is 16.9 Å². The minimum absolute atomic E-state index is 0.115. The van der Waals surface area contributed by atoms with E-state index in [4.69, 9.17) is 4.74 Å². The molecule has 0 aliphatic rings. The van der Waals surface area contributed by atoms with Crippen LogP contribution in [0, 0.1) is 0 Å². The second-order valence-corrected chi connectivity index (χ2v) is 6.15. The van der Waals surface area contributed by atoms with Crippen molar-refractivity contribution in [1.82, 2.24) is 15.0 Å². The van der Waals surface area contributed by atoms with Crippen LogP contribution in [0.3, 0.4) is 0 Å². The first kappa shape index (κ1) is 16.6. The molecule has 0 saturated heterocycles. The predicted molar refractivity (Wildman–Crippen MR) is 64.5 cm³/mol. The van der Waals surface area contributed by atoms with Gasteiger partial charge in [0, 0.05) is 7.05 Å². The summed E-state index contributed by atoms with van der Waals surface area (Å²) in [6.07, 6.45) is -3.26. The summed E-state index contributed by atoms with van der Waals surface area (Å²) >= 11 is 0. The lowest BCUT2D eigenvalue weighted by Gasteiger charge is -2.08. The zero-order valence-electron chi connectivity index (χ0n) is 10.7. The monoisotopic (exact) mass is 313 g/mol. The zero-order chi connectivity index (χ0) is 15.4. The molecule has 0 bridgehead atoms.